The summed E-state index contributed by atoms with van der Waals surface area (Å²) in [7, 11) is 0. The second-order valence-corrected chi connectivity index (χ2v) is 7.69. The summed E-state index contributed by atoms with van der Waals surface area (Å²) in [5.74, 6) is -2.34. The topological polar surface area (TPSA) is 119 Å². The number of carbonyl (C=O) groups is 5. The number of anilines is 1. The Hall–Kier alpha value is -4.01. The van der Waals surface area contributed by atoms with Crippen molar-refractivity contribution in [2.24, 2.45) is 0 Å². The molecule has 0 radical (unpaired) electrons. The Kier molecular flexibility index (Phi) is 8.50. The van der Waals surface area contributed by atoms with E-state index >= 15 is 0 Å². The second kappa shape index (κ2) is 11.7. The molecule has 3 rings (SSSR count). The van der Waals surface area contributed by atoms with E-state index in [0.29, 0.717) is 29.0 Å². The summed E-state index contributed by atoms with van der Waals surface area (Å²) < 4.78 is 10.1. The number of nitrogens with one attached hydrogen (secondary N) is 1. The van der Waals surface area contributed by atoms with Gasteiger partial charge in [0.1, 0.15) is 0 Å². The Morgan fingerprint density at radius 3 is 2.15 bits per heavy atom. The number of rotatable bonds is 11. The van der Waals surface area contributed by atoms with E-state index in [4.69, 9.17) is 9.47 Å². The molecule has 0 aromatic heterocycles. The Labute approximate surface area is 197 Å². The van der Waals surface area contributed by atoms with Gasteiger partial charge in [-0.2, -0.15) is 0 Å². The Balaban J connectivity index is 1.36. The number of hydrogen-bond acceptors (Lipinski definition) is 7. The van der Waals surface area contributed by atoms with E-state index in [0.717, 1.165) is 17.7 Å². The highest BCUT2D eigenvalue weighted by molar-refractivity contribution is 6.21. The third-order valence-electron chi connectivity index (χ3n) is 5.14. The maximum absolute atomic E-state index is 12.3. The molecule has 3 amide bonds. The minimum Gasteiger partial charge on any atom is -0.462 e. The zero-order chi connectivity index (χ0) is 24.5. The zero-order valence-corrected chi connectivity index (χ0v) is 18.9. The monoisotopic (exact) mass is 466 g/mol. The molecule has 0 spiro atoms. The van der Waals surface area contributed by atoms with Gasteiger partial charge in [-0.3, -0.25) is 24.1 Å². The fourth-order valence-electron chi connectivity index (χ4n) is 3.32. The van der Waals surface area contributed by atoms with E-state index in [1.165, 1.54) is 12.1 Å². The summed E-state index contributed by atoms with van der Waals surface area (Å²) in [6.45, 7) is 1.96. The molecule has 0 aliphatic carbocycles. The van der Waals surface area contributed by atoms with Gasteiger partial charge in [-0.25, -0.2) is 4.79 Å². The lowest BCUT2D eigenvalue weighted by Crippen LogP contribution is -2.31. The van der Waals surface area contributed by atoms with Crippen LogP contribution in [0.25, 0.3) is 0 Å². The van der Waals surface area contributed by atoms with Gasteiger partial charge in [-0.05, 0) is 49.2 Å². The van der Waals surface area contributed by atoms with E-state index < -0.39 is 24.5 Å². The highest BCUT2D eigenvalue weighted by Gasteiger charge is 2.34. The van der Waals surface area contributed by atoms with Gasteiger partial charge in [-0.1, -0.05) is 25.5 Å². The third kappa shape index (κ3) is 6.28. The van der Waals surface area contributed by atoms with Gasteiger partial charge in [0.2, 0.25) is 0 Å². The summed E-state index contributed by atoms with van der Waals surface area (Å²) in [4.78, 5) is 61.6. The number of amides is 3. The molecule has 9 heteroatoms. The average molecular weight is 466 g/mol. The van der Waals surface area contributed by atoms with Crippen molar-refractivity contribution in [3.8, 4) is 0 Å². The molecule has 1 N–H and O–H groups in total. The largest absolute Gasteiger partial charge is 0.462 e. The van der Waals surface area contributed by atoms with Crippen LogP contribution in [0, 0.1) is 0 Å². The maximum Gasteiger partial charge on any atom is 0.338 e. The number of carbonyl (C=O) groups excluding carboxylic acids is 5. The Bertz CT molecular complexity index is 1040. The van der Waals surface area contributed by atoms with Crippen molar-refractivity contribution in [2.45, 2.75) is 32.6 Å². The lowest BCUT2D eigenvalue weighted by atomic mass is 10.1. The molecule has 1 heterocycles. The first kappa shape index (κ1) is 24.6. The Morgan fingerprint density at radius 1 is 0.882 bits per heavy atom. The molecule has 0 unspecified atom stereocenters. The van der Waals surface area contributed by atoms with Crippen LogP contribution in [0.4, 0.5) is 5.69 Å². The number of ether oxygens (including phenoxy) is 2. The van der Waals surface area contributed by atoms with Crippen LogP contribution >= 0.6 is 0 Å². The van der Waals surface area contributed by atoms with Crippen molar-refractivity contribution in [2.75, 3.05) is 25.1 Å². The van der Waals surface area contributed by atoms with Gasteiger partial charge < -0.3 is 14.8 Å². The predicted octanol–water partition coefficient (Wildman–Crippen LogP) is 3.20. The van der Waals surface area contributed by atoms with Gasteiger partial charge in [0.05, 0.1) is 23.3 Å². The zero-order valence-electron chi connectivity index (χ0n) is 18.9. The molecule has 0 saturated carbocycles. The standard InChI is InChI=1S/C25H26N2O7/c1-2-3-15-33-25(32)17-10-12-18(13-11-17)26-21(28)16-34-22(29)9-6-14-27-23(30)19-7-4-5-8-20(19)24(27)31/h4-5,7-8,10-13H,2-3,6,9,14-16H2,1H3,(H,26,28). The van der Waals surface area contributed by atoms with Gasteiger partial charge in [0.15, 0.2) is 6.61 Å². The van der Waals surface area contributed by atoms with Crippen LogP contribution in [0.2, 0.25) is 0 Å². The van der Waals surface area contributed by atoms with Crippen molar-refractivity contribution in [1.82, 2.24) is 4.90 Å². The van der Waals surface area contributed by atoms with Gasteiger partial charge in [0.25, 0.3) is 17.7 Å². The van der Waals surface area contributed by atoms with Crippen molar-refractivity contribution in [1.29, 1.82) is 0 Å². The predicted molar refractivity (Wildman–Crippen MR) is 122 cm³/mol. The smallest absolute Gasteiger partial charge is 0.338 e. The van der Waals surface area contributed by atoms with Crippen molar-refractivity contribution in [3.05, 3.63) is 65.2 Å². The molecule has 2 aromatic carbocycles. The van der Waals surface area contributed by atoms with Crippen LogP contribution < -0.4 is 5.32 Å². The maximum atomic E-state index is 12.3. The molecule has 34 heavy (non-hydrogen) atoms. The number of esters is 2. The number of unbranched alkanes of at least 4 members (excludes halogenated alkanes) is 1. The van der Waals surface area contributed by atoms with Crippen LogP contribution in [0.3, 0.4) is 0 Å². The number of fused-ring (bicyclic) bond motifs is 1. The summed E-state index contributed by atoms with van der Waals surface area (Å²) in [6, 6.07) is 12.7. The van der Waals surface area contributed by atoms with Crippen LogP contribution in [-0.4, -0.2) is 54.3 Å². The minimum atomic E-state index is -0.614. The first-order valence-corrected chi connectivity index (χ1v) is 11.1. The first-order chi connectivity index (χ1) is 16.4. The van der Waals surface area contributed by atoms with Crippen LogP contribution in [0.5, 0.6) is 0 Å². The molecule has 178 valence electrons. The van der Waals surface area contributed by atoms with E-state index in [1.54, 1.807) is 36.4 Å². The summed E-state index contributed by atoms with van der Waals surface area (Å²) in [5.41, 5.74) is 1.52. The molecular weight excluding hydrogens is 440 g/mol. The highest BCUT2D eigenvalue weighted by Crippen LogP contribution is 2.22. The molecule has 0 bridgehead atoms. The molecule has 2 aromatic rings. The Morgan fingerprint density at radius 2 is 1.53 bits per heavy atom. The van der Waals surface area contributed by atoms with E-state index in [-0.39, 0.29) is 31.2 Å². The second-order valence-electron chi connectivity index (χ2n) is 7.69. The van der Waals surface area contributed by atoms with Crippen molar-refractivity contribution in [3.63, 3.8) is 0 Å². The van der Waals surface area contributed by atoms with E-state index in [2.05, 4.69) is 5.32 Å². The molecule has 9 nitrogen and oxygen atoms in total. The summed E-state index contributed by atoms with van der Waals surface area (Å²) in [5, 5.41) is 2.57. The molecule has 1 aliphatic heterocycles. The SMILES string of the molecule is CCCCOC(=O)c1ccc(NC(=O)COC(=O)CCCN2C(=O)c3ccccc3C2=O)cc1. The molecular formula is C25H26N2O7. The molecule has 0 fully saturated rings. The quantitative estimate of drug-likeness (QED) is 0.307. The number of nitrogens with zero attached hydrogens (tertiary/aromatic N) is 1. The highest BCUT2D eigenvalue weighted by atomic mass is 16.5. The summed E-state index contributed by atoms with van der Waals surface area (Å²) in [6.07, 6.45) is 1.90. The van der Waals surface area contributed by atoms with Gasteiger partial charge in [0, 0.05) is 18.7 Å². The average Bonchev–Trinajstić information content (AvgIpc) is 3.08. The molecule has 1 aliphatic rings. The minimum absolute atomic E-state index is 0.0461. The van der Waals surface area contributed by atoms with Gasteiger partial charge in [-0.15, -0.1) is 0 Å². The van der Waals surface area contributed by atoms with Gasteiger partial charge >= 0.3 is 11.9 Å². The lowest BCUT2D eigenvalue weighted by molar-refractivity contribution is -0.147. The normalized spacial score (nSPS) is 12.3. The third-order valence-corrected chi connectivity index (χ3v) is 5.14. The van der Waals surface area contributed by atoms with Crippen LogP contribution in [0.1, 0.15) is 63.7 Å². The molecule has 0 saturated heterocycles. The number of imide groups is 1. The fourth-order valence-corrected chi connectivity index (χ4v) is 3.32. The van der Waals surface area contributed by atoms with Crippen LogP contribution in [-0.2, 0) is 19.1 Å². The summed E-state index contributed by atoms with van der Waals surface area (Å²) >= 11 is 0. The van der Waals surface area contributed by atoms with E-state index in [1.807, 2.05) is 6.92 Å². The fraction of sp³-hybridized carbons (Fsp3) is 0.320. The first-order valence-electron chi connectivity index (χ1n) is 11.1. The van der Waals surface area contributed by atoms with Crippen LogP contribution in [0.15, 0.2) is 48.5 Å². The lowest BCUT2D eigenvalue weighted by Gasteiger charge is -2.13. The van der Waals surface area contributed by atoms with E-state index in [9.17, 15) is 24.0 Å². The number of hydrogen-bond donors (Lipinski definition) is 1. The number of benzene rings is 2. The van der Waals surface area contributed by atoms with Crippen molar-refractivity contribution >= 4 is 35.3 Å². The molecule has 0 atom stereocenters. The van der Waals surface area contributed by atoms with Crippen molar-refractivity contribution < 1.29 is 33.4 Å².